The Morgan fingerprint density at radius 1 is 1.28 bits per heavy atom. The van der Waals surface area contributed by atoms with E-state index in [4.69, 9.17) is 0 Å². The highest BCUT2D eigenvalue weighted by atomic mass is 35.5. The van der Waals surface area contributed by atoms with Gasteiger partial charge in [-0.2, -0.15) is 10.2 Å². The van der Waals surface area contributed by atoms with Crippen LogP contribution < -0.4 is 5.32 Å². The van der Waals surface area contributed by atoms with Gasteiger partial charge in [0.15, 0.2) is 0 Å². The SMILES string of the molecule is CCn1cc(NCc2cc(C)nn2C)c(C)n1.Cl. The predicted molar refractivity (Wildman–Crippen MR) is 75.2 cm³/mol. The second-order valence-electron chi connectivity index (χ2n) is 4.24. The molecule has 0 aromatic carbocycles. The van der Waals surface area contributed by atoms with E-state index in [1.54, 1.807) is 0 Å². The molecule has 0 fully saturated rings. The van der Waals surface area contributed by atoms with E-state index >= 15 is 0 Å². The smallest absolute Gasteiger partial charge is 0.0825 e. The molecule has 0 unspecified atom stereocenters. The highest BCUT2D eigenvalue weighted by molar-refractivity contribution is 5.85. The summed E-state index contributed by atoms with van der Waals surface area (Å²) in [5, 5.41) is 12.1. The minimum absolute atomic E-state index is 0. The van der Waals surface area contributed by atoms with Gasteiger partial charge in [-0.25, -0.2) is 0 Å². The van der Waals surface area contributed by atoms with Crippen LogP contribution in [0.25, 0.3) is 0 Å². The van der Waals surface area contributed by atoms with Gasteiger partial charge in [0.2, 0.25) is 0 Å². The largest absolute Gasteiger partial charge is 0.377 e. The molecule has 0 aliphatic carbocycles. The maximum Gasteiger partial charge on any atom is 0.0825 e. The Labute approximate surface area is 114 Å². The lowest BCUT2D eigenvalue weighted by Gasteiger charge is -2.04. The fourth-order valence-electron chi connectivity index (χ4n) is 1.87. The van der Waals surface area contributed by atoms with Gasteiger partial charge in [0.25, 0.3) is 0 Å². The fraction of sp³-hybridized carbons (Fsp3) is 0.500. The molecule has 0 spiro atoms. The average Bonchev–Trinajstić information content (AvgIpc) is 2.79. The molecule has 1 N–H and O–H groups in total. The Bertz CT molecular complexity index is 515. The summed E-state index contributed by atoms with van der Waals surface area (Å²) in [5.41, 5.74) is 4.34. The van der Waals surface area contributed by atoms with Gasteiger partial charge in [0.1, 0.15) is 0 Å². The Morgan fingerprint density at radius 2 is 2.00 bits per heavy atom. The average molecular weight is 270 g/mol. The number of nitrogens with zero attached hydrogens (tertiary/aromatic N) is 4. The van der Waals surface area contributed by atoms with Crippen molar-refractivity contribution in [3.63, 3.8) is 0 Å². The third-order valence-electron chi connectivity index (χ3n) is 2.83. The summed E-state index contributed by atoms with van der Waals surface area (Å²) in [5.74, 6) is 0. The predicted octanol–water partition coefficient (Wildman–Crippen LogP) is 2.29. The molecule has 0 amide bonds. The van der Waals surface area contributed by atoms with E-state index < -0.39 is 0 Å². The Hall–Kier alpha value is -1.49. The van der Waals surface area contributed by atoms with Crippen LogP contribution in [0.2, 0.25) is 0 Å². The normalized spacial score (nSPS) is 10.2. The molecular formula is C12H20ClN5. The quantitative estimate of drug-likeness (QED) is 0.926. The van der Waals surface area contributed by atoms with Crippen molar-refractivity contribution in [3.05, 3.63) is 29.3 Å². The van der Waals surface area contributed by atoms with Gasteiger partial charge < -0.3 is 5.32 Å². The molecule has 0 saturated carbocycles. The van der Waals surface area contributed by atoms with Crippen LogP contribution in [0.1, 0.15) is 24.0 Å². The van der Waals surface area contributed by atoms with E-state index in [1.807, 2.05) is 36.5 Å². The number of rotatable bonds is 4. The lowest BCUT2D eigenvalue weighted by molar-refractivity contribution is 0.653. The zero-order valence-electron chi connectivity index (χ0n) is 11.3. The summed E-state index contributed by atoms with van der Waals surface area (Å²) in [6.45, 7) is 7.77. The van der Waals surface area contributed by atoms with Crippen molar-refractivity contribution in [2.24, 2.45) is 7.05 Å². The number of hydrogen-bond acceptors (Lipinski definition) is 3. The molecule has 2 rings (SSSR count). The minimum Gasteiger partial charge on any atom is -0.377 e. The van der Waals surface area contributed by atoms with Gasteiger partial charge in [-0.05, 0) is 26.8 Å². The summed E-state index contributed by atoms with van der Waals surface area (Å²) >= 11 is 0. The maximum absolute atomic E-state index is 4.40. The molecule has 6 heteroatoms. The lowest BCUT2D eigenvalue weighted by atomic mass is 10.3. The number of anilines is 1. The first-order chi connectivity index (χ1) is 8.10. The van der Waals surface area contributed by atoms with Crippen molar-refractivity contribution >= 4 is 18.1 Å². The molecular weight excluding hydrogens is 250 g/mol. The number of halogens is 1. The minimum atomic E-state index is 0. The molecule has 5 nitrogen and oxygen atoms in total. The number of hydrogen-bond donors (Lipinski definition) is 1. The van der Waals surface area contributed by atoms with E-state index in [2.05, 4.69) is 28.5 Å². The molecule has 100 valence electrons. The third-order valence-corrected chi connectivity index (χ3v) is 2.83. The van der Waals surface area contributed by atoms with E-state index in [-0.39, 0.29) is 12.4 Å². The Morgan fingerprint density at radius 3 is 2.50 bits per heavy atom. The van der Waals surface area contributed by atoms with Crippen molar-refractivity contribution in [2.45, 2.75) is 33.9 Å². The molecule has 18 heavy (non-hydrogen) atoms. The van der Waals surface area contributed by atoms with E-state index in [0.717, 1.165) is 30.2 Å². The fourth-order valence-corrected chi connectivity index (χ4v) is 1.87. The molecule has 2 heterocycles. The molecule has 0 aliphatic rings. The first-order valence-electron chi connectivity index (χ1n) is 5.87. The van der Waals surface area contributed by atoms with Crippen LogP contribution in [0.4, 0.5) is 5.69 Å². The van der Waals surface area contributed by atoms with Crippen LogP contribution in [0.3, 0.4) is 0 Å². The van der Waals surface area contributed by atoms with Crippen LogP contribution in [0, 0.1) is 13.8 Å². The summed E-state index contributed by atoms with van der Waals surface area (Å²) in [6, 6.07) is 2.09. The first-order valence-corrected chi connectivity index (χ1v) is 5.87. The number of aromatic nitrogens is 4. The summed E-state index contributed by atoms with van der Waals surface area (Å²) in [4.78, 5) is 0. The zero-order chi connectivity index (χ0) is 12.4. The molecule has 0 radical (unpaired) electrons. The second kappa shape index (κ2) is 5.91. The molecule has 0 bridgehead atoms. The topological polar surface area (TPSA) is 47.7 Å². The van der Waals surface area contributed by atoms with E-state index in [1.165, 1.54) is 5.69 Å². The molecule has 0 atom stereocenters. The van der Waals surface area contributed by atoms with Gasteiger partial charge >= 0.3 is 0 Å². The van der Waals surface area contributed by atoms with Crippen LogP contribution in [0.15, 0.2) is 12.3 Å². The maximum atomic E-state index is 4.40. The molecule has 2 aromatic heterocycles. The van der Waals surface area contributed by atoms with E-state index in [0.29, 0.717) is 0 Å². The Kier molecular flexibility index (Phi) is 4.78. The first kappa shape index (κ1) is 14.6. The summed E-state index contributed by atoms with van der Waals surface area (Å²) in [6.07, 6.45) is 2.04. The summed E-state index contributed by atoms with van der Waals surface area (Å²) < 4.78 is 3.84. The van der Waals surface area contributed by atoms with Crippen LogP contribution in [-0.2, 0) is 20.1 Å². The van der Waals surface area contributed by atoms with Crippen LogP contribution >= 0.6 is 12.4 Å². The van der Waals surface area contributed by atoms with Crippen molar-refractivity contribution in [3.8, 4) is 0 Å². The van der Waals surface area contributed by atoms with Crippen molar-refractivity contribution < 1.29 is 0 Å². The van der Waals surface area contributed by atoms with Crippen molar-refractivity contribution in [2.75, 3.05) is 5.32 Å². The summed E-state index contributed by atoms with van der Waals surface area (Å²) in [7, 11) is 1.96. The standard InChI is InChI=1S/C12H19N5.ClH/c1-5-17-8-12(10(3)15-17)13-7-11-6-9(2)14-16(11)4;/h6,8,13H,5,7H2,1-4H3;1H. The van der Waals surface area contributed by atoms with Crippen molar-refractivity contribution in [1.29, 1.82) is 0 Å². The zero-order valence-corrected chi connectivity index (χ0v) is 12.1. The van der Waals surface area contributed by atoms with E-state index in [9.17, 15) is 0 Å². The molecule has 0 aliphatic heterocycles. The highest BCUT2D eigenvalue weighted by Crippen LogP contribution is 2.14. The second-order valence-corrected chi connectivity index (χ2v) is 4.24. The van der Waals surface area contributed by atoms with Gasteiger partial charge in [0, 0.05) is 19.8 Å². The third kappa shape index (κ3) is 3.04. The van der Waals surface area contributed by atoms with Gasteiger partial charge in [-0.15, -0.1) is 12.4 Å². The monoisotopic (exact) mass is 269 g/mol. The van der Waals surface area contributed by atoms with Crippen molar-refractivity contribution in [1.82, 2.24) is 19.6 Å². The Balaban J connectivity index is 0.00000162. The van der Waals surface area contributed by atoms with Crippen LogP contribution in [-0.4, -0.2) is 19.6 Å². The van der Waals surface area contributed by atoms with Gasteiger partial charge in [-0.3, -0.25) is 9.36 Å². The van der Waals surface area contributed by atoms with Crippen LogP contribution in [0.5, 0.6) is 0 Å². The van der Waals surface area contributed by atoms with Gasteiger partial charge in [-0.1, -0.05) is 0 Å². The number of nitrogens with one attached hydrogen (secondary N) is 1. The van der Waals surface area contributed by atoms with Gasteiger partial charge in [0.05, 0.1) is 29.3 Å². The lowest BCUT2D eigenvalue weighted by Crippen LogP contribution is -2.05. The number of aryl methyl sites for hydroxylation is 4. The highest BCUT2D eigenvalue weighted by Gasteiger charge is 2.05. The molecule has 2 aromatic rings. The molecule has 0 saturated heterocycles.